The lowest BCUT2D eigenvalue weighted by molar-refractivity contribution is 0.0536. The van der Waals surface area contributed by atoms with Gasteiger partial charge < -0.3 is 9.47 Å². The molecule has 2 aromatic heterocycles. The fourth-order valence-corrected chi connectivity index (χ4v) is 3.24. The van der Waals surface area contributed by atoms with Crippen LogP contribution in [0.15, 0.2) is 53.9 Å². The summed E-state index contributed by atoms with van der Waals surface area (Å²) in [5.74, 6) is 0.572. The molecular formula is C21H24N4O5S. The Labute approximate surface area is 181 Å². The van der Waals surface area contributed by atoms with Crippen LogP contribution in [0.5, 0.6) is 5.75 Å². The summed E-state index contributed by atoms with van der Waals surface area (Å²) in [5, 5.41) is 7.62. The van der Waals surface area contributed by atoms with Crippen LogP contribution in [0.1, 0.15) is 33.4 Å². The average molecular weight is 445 g/mol. The molecular weight excluding hydrogens is 420 g/mol. The van der Waals surface area contributed by atoms with E-state index in [0.717, 1.165) is 5.56 Å². The van der Waals surface area contributed by atoms with E-state index in [4.69, 9.17) is 9.47 Å². The Bertz CT molecular complexity index is 1150. The van der Waals surface area contributed by atoms with Gasteiger partial charge in [-0.05, 0) is 57.2 Å². The molecule has 0 fully saturated rings. The molecule has 0 bridgehead atoms. The summed E-state index contributed by atoms with van der Waals surface area (Å²) in [5.41, 5.74) is 1.35. The van der Waals surface area contributed by atoms with Gasteiger partial charge in [-0.2, -0.15) is 5.10 Å². The SMILES string of the molecule is CCS(=O)(=O)c1ccc(COc2ccc(-c3cn(C(=O)OC(C)(C)C)cn3)cc2)nn1. The van der Waals surface area contributed by atoms with Gasteiger partial charge in [-0.15, -0.1) is 5.10 Å². The molecule has 0 unspecified atom stereocenters. The molecule has 164 valence electrons. The number of rotatable bonds is 6. The number of sulfone groups is 1. The molecule has 1 aromatic carbocycles. The molecule has 3 aromatic rings. The van der Waals surface area contributed by atoms with Crippen LogP contribution in [0.2, 0.25) is 0 Å². The third-order valence-electron chi connectivity index (χ3n) is 4.12. The standard InChI is InChI=1S/C21H24N4O5S/c1-5-31(27,28)19-11-8-16(23-24-19)13-29-17-9-6-15(7-10-17)18-12-25(14-22-18)20(26)30-21(2,3)4/h6-12,14H,5,13H2,1-4H3. The number of ether oxygens (including phenoxy) is 2. The average Bonchev–Trinajstić information content (AvgIpc) is 3.22. The van der Waals surface area contributed by atoms with Crippen molar-refractivity contribution < 1.29 is 22.7 Å². The summed E-state index contributed by atoms with van der Waals surface area (Å²) < 4.78 is 35.8. The molecule has 0 aliphatic heterocycles. The maximum atomic E-state index is 12.1. The predicted octanol–water partition coefficient (Wildman–Crippen LogP) is 3.50. The van der Waals surface area contributed by atoms with Crippen molar-refractivity contribution in [3.63, 3.8) is 0 Å². The van der Waals surface area contributed by atoms with Gasteiger partial charge in [-0.3, -0.25) is 0 Å². The molecule has 3 rings (SSSR count). The van der Waals surface area contributed by atoms with Crippen LogP contribution in [0.4, 0.5) is 4.79 Å². The molecule has 0 N–H and O–H groups in total. The lowest BCUT2D eigenvalue weighted by Crippen LogP contribution is -2.26. The van der Waals surface area contributed by atoms with Gasteiger partial charge in [0.15, 0.2) is 14.9 Å². The topological polar surface area (TPSA) is 113 Å². The smallest absolute Gasteiger partial charge is 0.419 e. The maximum absolute atomic E-state index is 12.1. The molecule has 9 nitrogen and oxygen atoms in total. The van der Waals surface area contributed by atoms with E-state index >= 15 is 0 Å². The molecule has 31 heavy (non-hydrogen) atoms. The van der Waals surface area contributed by atoms with Gasteiger partial charge in [-0.25, -0.2) is 22.8 Å². The van der Waals surface area contributed by atoms with Crippen molar-refractivity contribution >= 4 is 15.9 Å². The lowest BCUT2D eigenvalue weighted by Gasteiger charge is -2.19. The minimum atomic E-state index is -3.38. The van der Waals surface area contributed by atoms with Crippen LogP contribution in [0.25, 0.3) is 11.3 Å². The van der Waals surface area contributed by atoms with Crippen LogP contribution in [0.3, 0.4) is 0 Å². The first kappa shape index (κ1) is 22.4. The number of imidazole rings is 1. The molecule has 0 atom stereocenters. The Balaban J connectivity index is 1.61. The van der Waals surface area contributed by atoms with Gasteiger partial charge in [0.2, 0.25) is 0 Å². The monoisotopic (exact) mass is 444 g/mol. The Morgan fingerprint density at radius 2 is 1.77 bits per heavy atom. The van der Waals surface area contributed by atoms with Crippen molar-refractivity contribution in [2.24, 2.45) is 0 Å². The number of nitrogens with zero attached hydrogens (tertiary/aromatic N) is 4. The third-order valence-corrected chi connectivity index (χ3v) is 5.73. The summed E-state index contributed by atoms with van der Waals surface area (Å²) in [4.78, 5) is 16.4. The summed E-state index contributed by atoms with van der Waals surface area (Å²) >= 11 is 0. The van der Waals surface area contributed by atoms with E-state index in [-0.39, 0.29) is 17.4 Å². The van der Waals surface area contributed by atoms with Crippen LogP contribution in [-0.4, -0.2) is 45.6 Å². The van der Waals surface area contributed by atoms with E-state index in [0.29, 0.717) is 17.1 Å². The van der Waals surface area contributed by atoms with Crippen LogP contribution in [0, 0.1) is 0 Å². The number of hydrogen-bond acceptors (Lipinski definition) is 8. The number of carbonyl (C=O) groups excluding carboxylic acids is 1. The normalized spacial score (nSPS) is 11.9. The van der Waals surface area contributed by atoms with E-state index in [2.05, 4.69) is 15.2 Å². The summed E-state index contributed by atoms with van der Waals surface area (Å²) in [7, 11) is -3.38. The van der Waals surface area contributed by atoms with Crippen LogP contribution in [-0.2, 0) is 21.2 Å². The first-order chi connectivity index (χ1) is 14.6. The summed E-state index contributed by atoms with van der Waals surface area (Å²) in [6, 6.07) is 10.2. The molecule has 10 heteroatoms. The van der Waals surface area contributed by atoms with Gasteiger partial charge >= 0.3 is 6.09 Å². The molecule has 0 saturated heterocycles. The number of aromatic nitrogens is 4. The number of benzene rings is 1. The zero-order chi connectivity index (χ0) is 22.6. The van der Waals surface area contributed by atoms with E-state index in [1.54, 1.807) is 52.1 Å². The van der Waals surface area contributed by atoms with Gasteiger partial charge in [0, 0.05) is 11.8 Å². The first-order valence-electron chi connectivity index (χ1n) is 9.63. The van der Waals surface area contributed by atoms with Crippen molar-refractivity contribution in [3.05, 3.63) is 54.6 Å². The highest BCUT2D eigenvalue weighted by Crippen LogP contribution is 2.22. The number of carbonyl (C=O) groups is 1. The fraction of sp³-hybridized carbons (Fsp3) is 0.333. The Morgan fingerprint density at radius 1 is 1.06 bits per heavy atom. The van der Waals surface area contributed by atoms with E-state index in [9.17, 15) is 13.2 Å². The molecule has 2 heterocycles. The second kappa shape index (κ2) is 8.84. The minimum absolute atomic E-state index is 0.0279. The van der Waals surface area contributed by atoms with Crippen LogP contribution >= 0.6 is 0 Å². The van der Waals surface area contributed by atoms with E-state index < -0.39 is 21.5 Å². The largest absolute Gasteiger partial charge is 0.487 e. The van der Waals surface area contributed by atoms with Crippen molar-refractivity contribution in [2.45, 2.75) is 44.9 Å². The highest BCUT2D eigenvalue weighted by atomic mass is 32.2. The molecule has 0 saturated carbocycles. The van der Waals surface area contributed by atoms with Crippen LogP contribution < -0.4 is 4.74 Å². The molecule has 0 amide bonds. The predicted molar refractivity (Wildman–Crippen MR) is 113 cm³/mol. The highest BCUT2D eigenvalue weighted by Gasteiger charge is 2.18. The zero-order valence-corrected chi connectivity index (χ0v) is 18.6. The number of hydrogen-bond donors (Lipinski definition) is 0. The second-order valence-corrected chi connectivity index (χ2v) is 9.95. The quantitative estimate of drug-likeness (QED) is 0.568. The zero-order valence-electron chi connectivity index (χ0n) is 17.8. The first-order valence-corrected chi connectivity index (χ1v) is 11.3. The summed E-state index contributed by atoms with van der Waals surface area (Å²) in [6.45, 7) is 7.10. The Hall–Kier alpha value is -3.27. The van der Waals surface area contributed by atoms with Crippen molar-refractivity contribution in [3.8, 4) is 17.0 Å². The molecule has 0 aliphatic carbocycles. The van der Waals surface area contributed by atoms with E-state index in [1.807, 2.05) is 12.1 Å². The fourth-order valence-electron chi connectivity index (χ4n) is 2.50. The van der Waals surface area contributed by atoms with Gasteiger partial charge in [-0.1, -0.05) is 6.92 Å². The van der Waals surface area contributed by atoms with Crippen molar-refractivity contribution in [1.82, 2.24) is 19.7 Å². The highest BCUT2D eigenvalue weighted by molar-refractivity contribution is 7.91. The maximum Gasteiger partial charge on any atom is 0.419 e. The lowest BCUT2D eigenvalue weighted by atomic mass is 10.1. The second-order valence-electron chi connectivity index (χ2n) is 7.73. The molecule has 0 spiro atoms. The Kier molecular flexibility index (Phi) is 6.40. The third kappa shape index (κ3) is 5.88. The molecule has 0 aliphatic rings. The van der Waals surface area contributed by atoms with Gasteiger partial charge in [0.1, 0.15) is 30.0 Å². The van der Waals surface area contributed by atoms with Crippen molar-refractivity contribution in [1.29, 1.82) is 0 Å². The summed E-state index contributed by atoms with van der Waals surface area (Å²) in [6.07, 6.45) is 2.52. The Morgan fingerprint density at radius 3 is 2.35 bits per heavy atom. The van der Waals surface area contributed by atoms with Gasteiger partial charge in [0.05, 0.1) is 11.4 Å². The minimum Gasteiger partial charge on any atom is -0.487 e. The molecule has 0 radical (unpaired) electrons. The van der Waals surface area contributed by atoms with E-state index in [1.165, 1.54) is 17.0 Å². The van der Waals surface area contributed by atoms with Crippen molar-refractivity contribution in [2.75, 3.05) is 5.75 Å². The van der Waals surface area contributed by atoms with Gasteiger partial charge in [0.25, 0.3) is 0 Å².